The van der Waals surface area contributed by atoms with E-state index in [1.165, 1.54) is 17.3 Å². The number of aryl methyl sites for hydroxylation is 1. The van der Waals surface area contributed by atoms with E-state index in [2.05, 4.69) is 101 Å². The second kappa shape index (κ2) is 14.7. The molecule has 0 aliphatic rings. The molecule has 0 spiro atoms. The Balaban J connectivity index is 0.000000216. The van der Waals surface area contributed by atoms with Gasteiger partial charge in [0, 0.05) is 47.9 Å². The first-order valence-electron chi connectivity index (χ1n) is 17.5. The van der Waals surface area contributed by atoms with Crippen molar-refractivity contribution in [1.29, 1.82) is 0 Å². The molecule has 1 radical (unpaired) electrons. The first-order valence-corrected chi connectivity index (χ1v) is 16.0. The zero-order chi connectivity index (χ0) is 35.5. The zero-order valence-electron chi connectivity index (χ0n) is 29.7. The molecule has 0 aliphatic carbocycles. The summed E-state index contributed by atoms with van der Waals surface area (Å²) in [6.07, 6.45) is 4.54. The van der Waals surface area contributed by atoms with E-state index >= 15 is 0 Å². The summed E-state index contributed by atoms with van der Waals surface area (Å²) < 4.78 is 29.8. The van der Waals surface area contributed by atoms with Crippen LogP contribution in [0.1, 0.15) is 9.68 Å². The Kier molecular flexibility index (Phi) is 8.56. The van der Waals surface area contributed by atoms with Crippen LogP contribution in [-0.4, -0.2) is 14.5 Å². The van der Waals surface area contributed by atoms with E-state index < -0.39 is 6.85 Å². The van der Waals surface area contributed by atoms with E-state index in [0.29, 0.717) is 0 Å². The van der Waals surface area contributed by atoms with Gasteiger partial charge in [-0.2, -0.15) is 0 Å². The molecular weight excluding hydrogens is 791 g/mol. The number of furan rings is 1. The summed E-state index contributed by atoms with van der Waals surface area (Å²) in [5.74, 6) is 0.817. The third-order valence-corrected chi connectivity index (χ3v) is 8.38. The van der Waals surface area contributed by atoms with Crippen LogP contribution >= 0.6 is 0 Å². The van der Waals surface area contributed by atoms with Crippen LogP contribution in [0.25, 0.3) is 72.6 Å². The molecule has 0 aliphatic heterocycles. The molecule has 4 nitrogen and oxygen atoms in total. The summed E-state index contributed by atoms with van der Waals surface area (Å²) in [7, 11) is 0. The molecule has 0 bridgehead atoms. The molecule has 0 amide bonds. The summed E-state index contributed by atoms with van der Waals surface area (Å²) in [4.78, 5) is 9.13. The van der Waals surface area contributed by atoms with Crippen molar-refractivity contribution in [2.45, 2.75) is 6.85 Å². The predicted molar refractivity (Wildman–Crippen MR) is 199 cm³/mol. The Morgan fingerprint density at radius 2 is 1.34 bits per heavy atom. The SMILES string of the molecule is [2H]C([2H])([2H])c1ccc(-c2[c-]cccc2)nc1.[Ir].[c-]1oc2ccc(-c3ccc(-c4ccccc4)cc3)cc2c1-c1nc2ccccc2n1-c1ccccc1. The number of imidazole rings is 1. The minimum atomic E-state index is -2.09. The molecule has 6 aromatic carbocycles. The standard InChI is InChI=1S/C33H21N2O.C12H10N.Ir/c1-3-9-23(10-4-1)24-15-17-25(18-16-24)26-19-20-32-28(21-26)29(22-36-32)33-34-30-13-7-8-14-31(30)35(33)27-11-5-2-6-12-27;1-10-7-8-12(13-9-10)11-5-3-2-4-6-11;/h1-21H;2-5,7-9H,1H3;/q2*-1;/i;1D3;. The fourth-order valence-corrected chi connectivity index (χ4v) is 5.94. The summed E-state index contributed by atoms with van der Waals surface area (Å²) in [5.41, 5.74) is 11.2. The van der Waals surface area contributed by atoms with Gasteiger partial charge in [-0.05, 0) is 64.6 Å². The summed E-state index contributed by atoms with van der Waals surface area (Å²) in [5, 5.41) is 0.993. The normalized spacial score (nSPS) is 11.9. The first kappa shape index (κ1) is 29.1. The van der Waals surface area contributed by atoms with Crippen LogP contribution < -0.4 is 0 Å². The molecule has 0 saturated heterocycles. The van der Waals surface area contributed by atoms with Crippen molar-refractivity contribution in [2.24, 2.45) is 0 Å². The van der Waals surface area contributed by atoms with E-state index in [1.54, 1.807) is 18.2 Å². The molecule has 0 unspecified atom stereocenters. The van der Waals surface area contributed by atoms with Gasteiger partial charge in [0.25, 0.3) is 0 Å². The monoisotopic (exact) mass is 825 g/mol. The zero-order valence-corrected chi connectivity index (χ0v) is 29.1. The number of para-hydroxylation sites is 3. The minimum absolute atomic E-state index is 0. The van der Waals surface area contributed by atoms with Crippen molar-refractivity contribution < 1.29 is 28.6 Å². The topological polar surface area (TPSA) is 43.9 Å². The van der Waals surface area contributed by atoms with Crippen molar-refractivity contribution in [3.05, 3.63) is 188 Å². The van der Waals surface area contributed by atoms with Gasteiger partial charge in [-0.15, -0.1) is 35.9 Å². The first-order chi connectivity index (χ1) is 25.4. The van der Waals surface area contributed by atoms with Crippen LogP contribution in [0.4, 0.5) is 0 Å². The van der Waals surface area contributed by atoms with E-state index in [1.807, 2.05) is 66.7 Å². The second-order valence-corrected chi connectivity index (χ2v) is 11.5. The van der Waals surface area contributed by atoms with Crippen molar-refractivity contribution >= 4 is 22.0 Å². The van der Waals surface area contributed by atoms with Gasteiger partial charge in [0.05, 0.1) is 16.9 Å². The Hall–Kier alpha value is -5.87. The Labute approximate surface area is 309 Å². The predicted octanol–water partition coefficient (Wildman–Crippen LogP) is 11.4. The minimum Gasteiger partial charge on any atom is -0.557 e. The van der Waals surface area contributed by atoms with Crippen molar-refractivity contribution in [3.8, 4) is 50.6 Å². The molecule has 3 aromatic heterocycles. The average Bonchev–Trinajstić information content (AvgIpc) is 3.80. The molecule has 9 rings (SSSR count). The van der Waals surface area contributed by atoms with E-state index in [-0.39, 0.29) is 25.7 Å². The molecule has 0 saturated carbocycles. The number of benzene rings is 6. The van der Waals surface area contributed by atoms with Gasteiger partial charge in [-0.3, -0.25) is 4.98 Å². The smallest absolute Gasteiger partial charge is 0.0774 e. The van der Waals surface area contributed by atoms with Gasteiger partial charge < -0.3 is 14.0 Å². The fourth-order valence-electron chi connectivity index (χ4n) is 5.94. The van der Waals surface area contributed by atoms with Crippen LogP contribution in [0, 0.1) is 19.2 Å². The number of aromatic nitrogens is 3. The molecule has 0 fully saturated rings. The van der Waals surface area contributed by atoms with Gasteiger partial charge in [-0.1, -0.05) is 126 Å². The summed E-state index contributed by atoms with van der Waals surface area (Å²) in [6, 6.07) is 57.7. The molecule has 0 N–H and O–H groups in total. The Bertz CT molecular complexity index is 2580. The van der Waals surface area contributed by atoms with Crippen molar-refractivity contribution in [1.82, 2.24) is 14.5 Å². The van der Waals surface area contributed by atoms with Gasteiger partial charge >= 0.3 is 0 Å². The third kappa shape index (κ3) is 6.70. The number of hydrogen-bond acceptors (Lipinski definition) is 3. The van der Waals surface area contributed by atoms with Gasteiger partial charge in [0.1, 0.15) is 0 Å². The number of fused-ring (bicyclic) bond motifs is 2. The molecule has 50 heavy (non-hydrogen) atoms. The summed E-state index contributed by atoms with van der Waals surface area (Å²) >= 11 is 0. The number of pyridine rings is 1. The van der Waals surface area contributed by atoms with Gasteiger partial charge in [0.15, 0.2) is 0 Å². The molecule has 3 heterocycles. The average molecular weight is 825 g/mol. The van der Waals surface area contributed by atoms with Crippen LogP contribution in [0.3, 0.4) is 0 Å². The quantitative estimate of drug-likeness (QED) is 0.162. The van der Waals surface area contributed by atoms with E-state index in [4.69, 9.17) is 13.5 Å². The third-order valence-electron chi connectivity index (χ3n) is 8.38. The molecular formula is C45H31IrN3O-2. The van der Waals surface area contributed by atoms with Crippen LogP contribution in [0.2, 0.25) is 0 Å². The largest absolute Gasteiger partial charge is 0.557 e. The second-order valence-electron chi connectivity index (χ2n) is 11.5. The van der Waals surface area contributed by atoms with Crippen molar-refractivity contribution in [3.63, 3.8) is 0 Å². The number of hydrogen-bond donors (Lipinski definition) is 0. The van der Waals surface area contributed by atoms with Gasteiger partial charge in [0.2, 0.25) is 0 Å². The molecule has 0 atom stereocenters. The van der Waals surface area contributed by atoms with Crippen LogP contribution in [0.5, 0.6) is 0 Å². The molecule has 9 aromatic rings. The van der Waals surface area contributed by atoms with Crippen LogP contribution in [-0.2, 0) is 20.1 Å². The number of rotatable bonds is 5. The Morgan fingerprint density at radius 3 is 2.06 bits per heavy atom. The maximum Gasteiger partial charge on any atom is 0.0774 e. The maximum atomic E-state index is 7.23. The molecule has 243 valence electrons. The molecule has 5 heteroatoms. The summed E-state index contributed by atoms with van der Waals surface area (Å²) in [6.45, 7) is -2.09. The maximum absolute atomic E-state index is 7.23. The van der Waals surface area contributed by atoms with Crippen molar-refractivity contribution in [2.75, 3.05) is 0 Å². The van der Waals surface area contributed by atoms with Gasteiger partial charge in [-0.25, -0.2) is 0 Å². The number of nitrogens with zero attached hydrogens (tertiary/aromatic N) is 3. The van der Waals surface area contributed by atoms with E-state index in [0.717, 1.165) is 61.5 Å². The fraction of sp³-hybridized carbons (Fsp3) is 0.0222. The van der Waals surface area contributed by atoms with E-state index in [9.17, 15) is 0 Å². The Morgan fingerprint density at radius 1 is 0.660 bits per heavy atom. The van der Waals surface area contributed by atoms with Crippen LogP contribution in [0.15, 0.2) is 174 Å².